The lowest BCUT2D eigenvalue weighted by Crippen LogP contribution is -1.85. The molecule has 1 aromatic carbocycles. The Kier molecular flexibility index (Phi) is 2.06. The van der Waals surface area contributed by atoms with Gasteiger partial charge in [0.1, 0.15) is 0 Å². The number of imidazole rings is 1. The van der Waals surface area contributed by atoms with Crippen molar-refractivity contribution < 1.29 is 0 Å². The average molecular weight is 238 g/mol. The van der Waals surface area contributed by atoms with E-state index < -0.39 is 0 Å². The van der Waals surface area contributed by atoms with E-state index in [-0.39, 0.29) is 0 Å². The summed E-state index contributed by atoms with van der Waals surface area (Å²) >= 11 is 3.45. The van der Waals surface area contributed by atoms with Crippen LogP contribution in [0.4, 0.5) is 5.95 Å². The molecule has 0 bridgehead atoms. The van der Waals surface area contributed by atoms with Crippen LogP contribution in [0, 0.1) is 0 Å². The second-order valence-electron chi connectivity index (χ2n) is 2.66. The van der Waals surface area contributed by atoms with Gasteiger partial charge in [-0.15, -0.1) is 0 Å². The molecule has 3 nitrogen and oxygen atoms in total. The number of rotatable bonds is 1. The number of H-pyrrole nitrogens is 1. The summed E-state index contributed by atoms with van der Waals surface area (Å²) in [6, 6.07) is 7.91. The van der Waals surface area contributed by atoms with Crippen LogP contribution in [0.1, 0.15) is 0 Å². The fourth-order valence-corrected chi connectivity index (χ4v) is 1.65. The Morgan fingerprint density at radius 1 is 1.31 bits per heavy atom. The highest BCUT2D eigenvalue weighted by Gasteiger charge is 2.03. The topological polar surface area (TPSA) is 54.7 Å². The van der Waals surface area contributed by atoms with E-state index in [0.29, 0.717) is 5.95 Å². The van der Waals surface area contributed by atoms with Crippen LogP contribution in [-0.4, -0.2) is 9.97 Å². The Balaban J connectivity index is 2.52. The smallest absolute Gasteiger partial charge is 0.197 e. The van der Waals surface area contributed by atoms with Crippen LogP contribution in [0.5, 0.6) is 0 Å². The average Bonchev–Trinajstić information content (AvgIpc) is 2.53. The van der Waals surface area contributed by atoms with Crippen molar-refractivity contribution in [1.29, 1.82) is 0 Å². The molecule has 0 fully saturated rings. The van der Waals surface area contributed by atoms with Crippen LogP contribution >= 0.6 is 15.9 Å². The summed E-state index contributed by atoms with van der Waals surface area (Å²) in [6.07, 6.45) is 1.72. The van der Waals surface area contributed by atoms with E-state index in [1.165, 1.54) is 0 Å². The summed E-state index contributed by atoms with van der Waals surface area (Å²) in [4.78, 5) is 6.91. The number of hydrogen-bond donors (Lipinski definition) is 2. The number of nitrogen functional groups attached to an aromatic ring is 1. The molecular weight excluding hydrogens is 230 g/mol. The van der Waals surface area contributed by atoms with E-state index >= 15 is 0 Å². The second kappa shape index (κ2) is 3.22. The molecule has 4 heteroatoms. The minimum absolute atomic E-state index is 0.436. The predicted molar refractivity (Wildman–Crippen MR) is 56.1 cm³/mol. The van der Waals surface area contributed by atoms with E-state index in [4.69, 9.17) is 5.73 Å². The van der Waals surface area contributed by atoms with Crippen molar-refractivity contribution in [2.45, 2.75) is 0 Å². The summed E-state index contributed by atoms with van der Waals surface area (Å²) < 4.78 is 1.03. The predicted octanol–water partition coefficient (Wildman–Crippen LogP) is 2.42. The molecule has 0 atom stereocenters. The molecule has 2 aromatic rings. The quantitative estimate of drug-likeness (QED) is 0.801. The monoisotopic (exact) mass is 237 g/mol. The van der Waals surface area contributed by atoms with E-state index in [1.54, 1.807) is 6.20 Å². The Hall–Kier alpha value is -1.29. The van der Waals surface area contributed by atoms with Crippen LogP contribution < -0.4 is 5.73 Å². The van der Waals surface area contributed by atoms with Gasteiger partial charge < -0.3 is 10.7 Å². The number of nitrogens with one attached hydrogen (secondary N) is 1. The lowest BCUT2D eigenvalue weighted by Gasteiger charge is -1.99. The molecule has 0 amide bonds. The Bertz CT molecular complexity index is 422. The van der Waals surface area contributed by atoms with Crippen molar-refractivity contribution in [3.63, 3.8) is 0 Å². The van der Waals surface area contributed by atoms with Crippen molar-refractivity contribution in [1.82, 2.24) is 9.97 Å². The maximum atomic E-state index is 5.48. The van der Waals surface area contributed by atoms with E-state index in [2.05, 4.69) is 25.9 Å². The normalized spacial score (nSPS) is 10.2. The molecule has 66 valence electrons. The molecule has 0 radical (unpaired) electrons. The number of benzene rings is 1. The Morgan fingerprint density at radius 3 is 2.69 bits per heavy atom. The third-order valence-corrected chi connectivity index (χ3v) is 2.45. The van der Waals surface area contributed by atoms with Gasteiger partial charge in [-0.25, -0.2) is 4.98 Å². The van der Waals surface area contributed by atoms with Gasteiger partial charge >= 0.3 is 0 Å². The molecule has 13 heavy (non-hydrogen) atoms. The number of anilines is 1. The molecule has 0 aliphatic carbocycles. The largest absolute Gasteiger partial charge is 0.369 e. The lowest BCUT2D eigenvalue weighted by molar-refractivity contribution is 1.32. The zero-order valence-corrected chi connectivity index (χ0v) is 8.38. The molecule has 0 saturated heterocycles. The van der Waals surface area contributed by atoms with Crippen molar-refractivity contribution in [3.8, 4) is 11.3 Å². The molecule has 0 saturated carbocycles. The van der Waals surface area contributed by atoms with Gasteiger partial charge in [-0.05, 0) is 6.07 Å². The molecule has 1 heterocycles. The third kappa shape index (κ3) is 1.58. The zero-order valence-electron chi connectivity index (χ0n) is 6.79. The highest BCUT2D eigenvalue weighted by molar-refractivity contribution is 9.10. The maximum Gasteiger partial charge on any atom is 0.197 e. The fraction of sp³-hybridized carbons (Fsp3) is 0. The highest BCUT2D eigenvalue weighted by atomic mass is 79.9. The van der Waals surface area contributed by atoms with Gasteiger partial charge in [0.2, 0.25) is 0 Å². The Labute approximate surface area is 84.1 Å². The van der Waals surface area contributed by atoms with Gasteiger partial charge in [0.05, 0.1) is 11.9 Å². The molecular formula is C9H8BrN3. The van der Waals surface area contributed by atoms with Crippen LogP contribution in [-0.2, 0) is 0 Å². The summed E-state index contributed by atoms with van der Waals surface area (Å²) in [7, 11) is 0. The summed E-state index contributed by atoms with van der Waals surface area (Å²) in [5, 5.41) is 0. The fourth-order valence-electron chi connectivity index (χ4n) is 1.15. The number of halogens is 1. The first kappa shape index (κ1) is 8.31. The zero-order chi connectivity index (χ0) is 9.26. The summed E-state index contributed by atoms with van der Waals surface area (Å²) in [5.74, 6) is 0.436. The minimum atomic E-state index is 0.436. The van der Waals surface area contributed by atoms with Crippen LogP contribution in [0.15, 0.2) is 34.9 Å². The molecule has 3 N–H and O–H groups in total. The number of nitrogens with two attached hydrogens (primary N) is 1. The first-order chi connectivity index (χ1) is 6.27. The van der Waals surface area contributed by atoms with Gasteiger partial charge in [0.15, 0.2) is 5.95 Å². The summed E-state index contributed by atoms with van der Waals surface area (Å²) in [6.45, 7) is 0. The van der Waals surface area contributed by atoms with Crippen LogP contribution in [0.2, 0.25) is 0 Å². The van der Waals surface area contributed by atoms with E-state index in [9.17, 15) is 0 Å². The molecule has 2 rings (SSSR count). The van der Waals surface area contributed by atoms with Crippen LogP contribution in [0.3, 0.4) is 0 Å². The van der Waals surface area contributed by atoms with Gasteiger partial charge in [0, 0.05) is 10.0 Å². The third-order valence-electron chi connectivity index (χ3n) is 1.76. The second-order valence-corrected chi connectivity index (χ2v) is 3.52. The highest BCUT2D eigenvalue weighted by Crippen LogP contribution is 2.26. The molecule has 0 spiro atoms. The summed E-state index contributed by atoms with van der Waals surface area (Å²) in [5.41, 5.74) is 7.47. The number of hydrogen-bond acceptors (Lipinski definition) is 2. The molecule has 0 aliphatic heterocycles. The number of nitrogens with zero attached hydrogens (tertiary/aromatic N) is 1. The van der Waals surface area contributed by atoms with Crippen LogP contribution in [0.25, 0.3) is 11.3 Å². The van der Waals surface area contributed by atoms with Crippen molar-refractivity contribution in [3.05, 3.63) is 34.9 Å². The molecule has 0 unspecified atom stereocenters. The maximum absolute atomic E-state index is 5.48. The van der Waals surface area contributed by atoms with Gasteiger partial charge in [-0.1, -0.05) is 34.1 Å². The van der Waals surface area contributed by atoms with E-state index in [0.717, 1.165) is 15.7 Å². The first-order valence-corrected chi connectivity index (χ1v) is 4.62. The van der Waals surface area contributed by atoms with Gasteiger partial charge in [-0.3, -0.25) is 0 Å². The van der Waals surface area contributed by atoms with Crippen molar-refractivity contribution in [2.75, 3.05) is 5.73 Å². The lowest BCUT2D eigenvalue weighted by atomic mass is 10.2. The SMILES string of the molecule is Nc1ncc(-c2ccccc2Br)[nH]1. The Morgan fingerprint density at radius 2 is 2.08 bits per heavy atom. The standard InChI is InChI=1S/C9H8BrN3/c10-7-4-2-1-3-6(7)8-5-12-9(11)13-8/h1-5H,(H3,11,12,13). The van der Waals surface area contributed by atoms with E-state index in [1.807, 2.05) is 24.3 Å². The van der Waals surface area contributed by atoms with Gasteiger partial charge in [0.25, 0.3) is 0 Å². The number of aromatic amines is 1. The molecule has 0 aliphatic rings. The van der Waals surface area contributed by atoms with Gasteiger partial charge in [-0.2, -0.15) is 0 Å². The first-order valence-electron chi connectivity index (χ1n) is 3.83. The van der Waals surface area contributed by atoms with Crippen molar-refractivity contribution in [2.24, 2.45) is 0 Å². The molecule has 1 aromatic heterocycles. The van der Waals surface area contributed by atoms with Crippen molar-refractivity contribution >= 4 is 21.9 Å². The minimum Gasteiger partial charge on any atom is -0.369 e. The number of aromatic nitrogens is 2.